The smallest absolute Gasteiger partial charge is 0.275 e. The molecule has 1 unspecified atom stereocenters. The van der Waals surface area contributed by atoms with Crippen LogP contribution in [0.5, 0.6) is 23.0 Å². The van der Waals surface area contributed by atoms with Crippen LogP contribution in [0, 0.1) is 0 Å². The molecular formula is C21H19N3O6. The lowest BCUT2D eigenvalue weighted by Gasteiger charge is -2.26. The molecule has 0 aliphatic carbocycles. The molecule has 1 aromatic heterocycles. The topological polar surface area (TPSA) is 112 Å². The van der Waals surface area contributed by atoms with Crippen LogP contribution < -0.4 is 25.1 Å². The Bertz CT molecular complexity index is 1140. The zero-order chi connectivity index (χ0) is 21.1. The van der Waals surface area contributed by atoms with Crippen molar-refractivity contribution in [2.75, 3.05) is 20.3 Å². The average molecular weight is 409 g/mol. The largest absolute Gasteiger partial charge is 0.505 e. The number of nitrogens with one attached hydrogen (secondary N) is 1. The van der Waals surface area contributed by atoms with Crippen molar-refractivity contribution < 1.29 is 24.1 Å². The molecular weight excluding hydrogens is 390 g/mol. The van der Waals surface area contributed by atoms with E-state index in [1.54, 1.807) is 36.4 Å². The number of ether oxygens (including phenoxy) is 3. The van der Waals surface area contributed by atoms with Crippen LogP contribution in [-0.4, -0.2) is 47.2 Å². The molecule has 0 saturated carbocycles. The lowest BCUT2D eigenvalue weighted by molar-refractivity contribution is 0.0783. The number of benzene rings is 2. The van der Waals surface area contributed by atoms with Gasteiger partial charge in [-0.05, 0) is 24.3 Å². The molecule has 0 fully saturated rings. The molecule has 9 nitrogen and oxygen atoms in total. The highest BCUT2D eigenvalue weighted by Gasteiger charge is 2.23. The summed E-state index contributed by atoms with van der Waals surface area (Å²) >= 11 is 0. The minimum atomic E-state index is -0.654. The maximum atomic E-state index is 12.6. The molecule has 2 heterocycles. The normalized spacial score (nSPS) is 14.8. The number of carbonyl (C=O) groups is 1. The van der Waals surface area contributed by atoms with Gasteiger partial charge in [-0.25, -0.2) is 0 Å². The zero-order valence-corrected chi connectivity index (χ0v) is 16.1. The minimum Gasteiger partial charge on any atom is -0.505 e. The van der Waals surface area contributed by atoms with Crippen LogP contribution in [0.3, 0.4) is 0 Å². The van der Waals surface area contributed by atoms with E-state index in [9.17, 15) is 14.7 Å². The molecule has 1 atom stereocenters. The van der Waals surface area contributed by atoms with Crippen molar-refractivity contribution in [3.8, 4) is 28.7 Å². The summed E-state index contributed by atoms with van der Waals surface area (Å²) in [4.78, 5) is 24.9. The molecule has 4 rings (SSSR count). The van der Waals surface area contributed by atoms with E-state index in [-0.39, 0.29) is 18.8 Å². The highest BCUT2D eigenvalue weighted by Crippen LogP contribution is 2.30. The van der Waals surface area contributed by atoms with E-state index in [4.69, 9.17) is 14.2 Å². The molecule has 154 valence electrons. The summed E-state index contributed by atoms with van der Waals surface area (Å²) in [5.74, 6) is 0.459. The van der Waals surface area contributed by atoms with Gasteiger partial charge in [0.15, 0.2) is 22.9 Å². The fraction of sp³-hybridized carbons (Fsp3) is 0.190. The van der Waals surface area contributed by atoms with Crippen molar-refractivity contribution in [1.29, 1.82) is 0 Å². The van der Waals surface area contributed by atoms with Crippen LogP contribution in [0.1, 0.15) is 10.5 Å². The number of carbonyl (C=O) groups excluding carboxylic acids is 1. The first-order valence-electron chi connectivity index (χ1n) is 9.20. The molecule has 1 amide bonds. The van der Waals surface area contributed by atoms with E-state index >= 15 is 0 Å². The second kappa shape index (κ2) is 8.16. The predicted octanol–water partition coefficient (Wildman–Crippen LogP) is 1.52. The van der Waals surface area contributed by atoms with Gasteiger partial charge in [0.05, 0.1) is 13.7 Å². The second-order valence-corrected chi connectivity index (χ2v) is 6.51. The number of aromatic hydroxyl groups is 1. The van der Waals surface area contributed by atoms with E-state index in [0.29, 0.717) is 22.9 Å². The lowest BCUT2D eigenvalue weighted by Crippen LogP contribution is -2.41. The van der Waals surface area contributed by atoms with Crippen LogP contribution in [0.25, 0.3) is 5.69 Å². The van der Waals surface area contributed by atoms with Gasteiger partial charge in [0.25, 0.3) is 11.5 Å². The van der Waals surface area contributed by atoms with Gasteiger partial charge in [0, 0.05) is 6.07 Å². The maximum absolute atomic E-state index is 12.6. The Morgan fingerprint density at radius 3 is 2.77 bits per heavy atom. The van der Waals surface area contributed by atoms with Gasteiger partial charge < -0.3 is 24.6 Å². The number of nitrogens with zero attached hydrogens (tertiary/aromatic N) is 2. The Balaban J connectivity index is 1.53. The van der Waals surface area contributed by atoms with Crippen molar-refractivity contribution in [3.63, 3.8) is 0 Å². The first kappa shape index (κ1) is 19.3. The highest BCUT2D eigenvalue weighted by molar-refractivity contribution is 5.94. The quantitative estimate of drug-likeness (QED) is 0.657. The standard InChI is InChI=1S/C21H19N3O6/c1-28-16-7-3-2-6-14(16)24-19(26)10-15(25)20(23-24)21(27)22-11-13-12-29-17-8-4-5-9-18(17)30-13/h2-10,13,25H,11-12H2,1H3,(H,22,27). The first-order valence-corrected chi connectivity index (χ1v) is 9.20. The first-order chi connectivity index (χ1) is 14.6. The molecule has 0 radical (unpaired) electrons. The van der Waals surface area contributed by atoms with Crippen molar-refractivity contribution in [1.82, 2.24) is 15.1 Å². The molecule has 0 spiro atoms. The highest BCUT2D eigenvalue weighted by atomic mass is 16.6. The summed E-state index contributed by atoms with van der Waals surface area (Å²) in [7, 11) is 1.46. The number of hydrogen-bond donors (Lipinski definition) is 2. The monoisotopic (exact) mass is 409 g/mol. The van der Waals surface area contributed by atoms with Gasteiger partial charge in [-0.3, -0.25) is 9.59 Å². The third kappa shape index (κ3) is 3.77. The Kier molecular flexibility index (Phi) is 5.25. The van der Waals surface area contributed by atoms with Crippen LogP contribution >= 0.6 is 0 Å². The van der Waals surface area contributed by atoms with Crippen molar-refractivity contribution in [2.45, 2.75) is 6.10 Å². The molecule has 30 heavy (non-hydrogen) atoms. The minimum absolute atomic E-state index is 0.127. The predicted molar refractivity (Wildman–Crippen MR) is 107 cm³/mol. The van der Waals surface area contributed by atoms with Gasteiger partial charge in [-0.2, -0.15) is 9.78 Å². The number of methoxy groups -OCH3 is 1. The summed E-state index contributed by atoms with van der Waals surface area (Å²) in [6.45, 7) is 0.388. The van der Waals surface area contributed by atoms with Crippen molar-refractivity contribution in [3.05, 3.63) is 70.6 Å². The Morgan fingerprint density at radius 1 is 1.23 bits per heavy atom. The van der Waals surface area contributed by atoms with Crippen LogP contribution in [0.15, 0.2) is 59.4 Å². The SMILES string of the molecule is COc1ccccc1-n1nc(C(=O)NCC2COc3ccccc3O2)c(O)cc1=O. The maximum Gasteiger partial charge on any atom is 0.275 e. The fourth-order valence-corrected chi connectivity index (χ4v) is 3.04. The van der Waals surface area contributed by atoms with Gasteiger partial charge in [0.1, 0.15) is 24.1 Å². The third-order valence-electron chi connectivity index (χ3n) is 4.50. The molecule has 1 aliphatic heterocycles. The number of hydrogen-bond acceptors (Lipinski definition) is 7. The molecule has 1 aliphatic rings. The van der Waals surface area contributed by atoms with Crippen molar-refractivity contribution >= 4 is 5.91 Å². The van der Waals surface area contributed by atoms with E-state index < -0.39 is 23.3 Å². The number of amides is 1. The molecule has 0 bridgehead atoms. The Hall–Kier alpha value is -4.01. The average Bonchev–Trinajstić information content (AvgIpc) is 2.77. The van der Waals surface area contributed by atoms with Crippen LogP contribution in [0.4, 0.5) is 0 Å². The summed E-state index contributed by atoms with van der Waals surface area (Å²) < 4.78 is 17.7. The van der Waals surface area contributed by atoms with Gasteiger partial charge in [0.2, 0.25) is 0 Å². The lowest BCUT2D eigenvalue weighted by atomic mass is 10.2. The van der Waals surface area contributed by atoms with E-state index in [0.717, 1.165) is 10.7 Å². The Labute approximate surface area is 171 Å². The molecule has 9 heteroatoms. The molecule has 2 N–H and O–H groups in total. The summed E-state index contributed by atoms with van der Waals surface area (Å²) in [6.07, 6.45) is -0.411. The molecule has 2 aromatic carbocycles. The number of rotatable bonds is 5. The van der Waals surface area contributed by atoms with E-state index in [1.807, 2.05) is 12.1 Å². The van der Waals surface area contributed by atoms with E-state index in [1.165, 1.54) is 7.11 Å². The summed E-state index contributed by atoms with van der Waals surface area (Å²) in [6, 6.07) is 14.9. The van der Waals surface area contributed by atoms with E-state index in [2.05, 4.69) is 10.4 Å². The zero-order valence-electron chi connectivity index (χ0n) is 16.1. The summed E-state index contributed by atoms with van der Waals surface area (Å²) in [5.41, 5.74) is -0.550. The van der Waals surface area contributed by atoms with Gasteiger partial charge in [-0.1, -0.05) is 24.3 Å². The van der Waals surface area contributed by atoms with Crippen LogP contribution in [-0.2, 0) is 0 Å². The van der Waals surface area contributed by atoms with Gasteiger partial charge >= 0.3 is 0 Å². The summed E-state index contributed by atoms with van der Waals surface area (Å²) in [5, 5.41) is 16.8. The number of para-hydroxylation sites is 4. The fourth-order valence-electron chi connectivity index (χ4n) is 3.04. The second-order valence-electron chi connectivity index (χ2n) is 6.51. The third-order valence-corrected chi connectivity index (χ3v) is 4.50. The molecule has 3 aromatic rings. The number of fused-ring (bicyclic) bond motifs is 1. The van der Waals surface area contributed by atoms with Crippen LogP contribution in [0.2, 0.25) is 0 Å². The Morgan fingerprint density at radius 2 is 1.97 bits per heavy atom. The van der Waals surface area contributed by atoms with Gasteiger partial charge in [-0.15, -0.1) is 0 Å². The molecule has 0 saturated heterocycles. The number of aromatic nitrogens is 2. The van der Waals surface area contributed by atoms with Crippen molar-refractivity contribution in [2.24, 2.45) is 0 Å².